The van der Waals surface area contributed by atoms with Crippen molar-refractivity contribution >= 4 is 28.3 Å². The van der Waals surface area contributed by atoms with Gasteiger partial charge in [-0.2, -0.15) is 10.4 Å². The third-order valence-electron chi connectivity index (χ3n) is 9.01. The lowest BCUT2D eigenvalue weighted by atomic mass is 9.94. The molecule has 0 aliphatic carbocycles. The van der Waals surface area contributed by atoms with Crippen LogP contribution in [0.15, 0.2) is 71.3 Å². The van der Waals surface area contributed by atoms with E-state index < -0.39 is 0 Å². The van der Waals surface area contributed by atoms with Crippen molar-refractivity contribution in [3.05, 3.63) is 89.1 Å². The van der Waals surface area contributed by atoms with Gasteiger partial charge < -0.3 is 19.0 Å². The fourth-order valence-corrected chi connectivity index (χ4v) is 6.52. The van der Waals surface area contributed by atoms with Crippen molar-refractivity contribution in [2.45, 2.75) is 32.4 Å². The second kappa shape index (κ2) is 12.4. The Morgan fingerprint density at radius 3 is 2.43 bits per heavy atom. The Hall–Kier alpha value is -5.50. The maximum atomic E-state index is 11.4. The molecule has 7 rings (SSSR count). The number of aliphatic hydroxyl groups is 1. The van der Waals surface area contributed by atoms with Crippen LogP contribution in [0, 0.1) is 18.3 Å². The number of aliphatic hydroxyl groups excluding tert-OH is 1. The molecule has 0 radical (unpaired) electrons. The van der Waals surface area contributed by atoms with Crippen LogP contribution < -0.4 is 9.47 Å². The lowest BCUT2D eigenvalue weighted by Crippen LogP contribution is -2.35. The van der Waals surface area contributed by atoms with Crippen LogP contribution >= 0.6 is 0 Å². The standard InChI is InChI=1S/C37H33N5O5/c1-22-27(6-4-7-28(22)37-40-32-15-23(21-43)14-24(18-38)36(32)47-37)29-8-5-9-33-30(29)19-39-42(33)25-16-34(45-2)31(35(17-25)46-3)20-41-12-10-26(44)11-13-41/h4-9,14-17,19,21,26,44H,10-13,20H2,1-3H3. The SMILES string of the molecule is COc1cc(-n2ncc3c(-c4cccc(-c5nc6cc(C=O)cc(C#N)c6o5)c4C)cccc32)cc(OC)c1CN1CCC(O)CC1. The summed E-state index contributed by atoms with van der Waals surface area (Å²) in [5, 5.41) is 25.3. The van der Waals surface area contributed by atoms with Crippen molar-refractivity contribution in [1.29, 1.82) is 5.26 Å². The minimum atomic E-state index is -0.237. The highest BCUT2D eigenvalue weighted by molar-refractivity contribution is 5.97. The zero-order valence-electron chi connectivity index (χ0n) is 26.4. The number of piperidine rings is 1. The van der Waals surface area contributed by atoms with Gasteiger partial charge in [0.15, 0.2) is 5.58 Å². The molecule has 0 atom stereocenters. The maximum Gasteiger partial charge on any atom is 0.227 e. The summed E-state index contributed by atoms with van der Waals surface area (Å²) in [4.78, 5) is 18.4. The molecule has 4 aromatic carbocycles. The van der Waals surface area contributed by atoms with Crippen molar-refractivity contribution < 1.29 is 23.8 Å². The molecule has 1 saturated heterocycles. The number of aromatic nitrogens is 3. The van der Waals surface area contributed by atoms with Gasteiger partial charge in [-0.25, -0.2) is 9.67 Å². The molecular weight excluding hydrogens is 594 g/mol. The third-order valence-corrected chi connectivity index (χ3v) is 9.01. The predicted octanol–water partition coefficient (Wildman–Crippen LogP) is 6.47. The number of methoxy groups -OCH3 is 2. The summed E-state index contributed by atoms with van der Waals surface area (Å²) in [6, 6.07) is 21.3. The molecule has 1 fully saturated rings. The number of carbonyl (C=O) groups excluding carboxylic acids is 1. The van der Waals surface area contributed by atoms with Crippen molar-refractivity contribution in [3.8, 4) is 45.8 Å². The number of aldehydes is 1. The van der Waals surface area contributed by atoms with Gasteiger partial charge in [-0.15, -0.1) is 0 Å². The van der Waals surface area contributed by atoms with E-state index >= 15 is 0 Å². The van der Waals surface area contributed by atoms with Crippen LogP contribution in [0.4, 0.5) is 0 Å². The second-order valence-corrected chi connectivity index (χ2v) is 11.8. The quantitative estimate of drug-likeness (QED) is 0.189. The van der Waals surface area contributed by atoms with Crippen LogP contribution in [0.25, 0.3) is 50.3 Å². The Kier molecular flexibility index (Phi) is 7.93. The Labute approximate surface area is 271 Å². The molecule has 10 heteroatoms. The highest BCUT2D eigenvalue weighted by Gasteiger charge is 2.23. The average molecular weight is 628 g/mol. The number of oxazole rings is 1. The molecule has 0 bridgehead atoms. The Bertz CT molecular complexity index is 2160. The summed E-state index contributed by atoms with van der Waals surface area (Å²) in [6.07, 6.45) is 3.84. The molecule has 1 aliphatic heterocycles. The third kappa shape index (κ3) is 5.39. The van der Waals surface area contributed by atoms with E-state index in [2.05, 4.69) is 28.1 Å². The van der Waals surface area contributed by atoms with Crippen molar-refractivity contribution in [3.63, 3.8) is 0 Å². The number of hydrogen-bond acceptors (Lipinski definition) is 9. The number of ether oxygens (including phenoxy) is 2. The fraction of sp³-hybridized carbons (Fsp3) is 0.243. The van der Waals surface area contributed by atoms with Gasteiger partial charge in [-0.3, -0.25) is 9.69 Å². The number of benzene rings is 4. The predicted molar refractivity (Wildman–Crippen MR) is 178 cm³/mol. The van der Waals surface area contributed by atoms with E-state index in [-0.39, 0.29) is 11.7 Å². The first kappa shape index (κ1) is 30.2. The highest BCUT2D eigenvalue weighted by Crippen LogP contribution is 2.39. The largest absolute Gasteiger partial charge is 0.496 e. The molecule has 2 aromatic heterocycles. The minimum absolute atomic E-state index is 0.237. The van der Waals surface area contributed by atoms with E-state index in [0.717, 1.165) is 70.3 Å². The minimum Gasteiger partial charge on any atom is -0.496 e. The Morgan fingerprint density at radius 1 is 1.02 bits per heavy atom. The van der Waals surface area contributed by atoms with Crippen LogP contribution in [-0.2, 0) is 6.54 Å². The van der Waals surface area contributed by atoms with Crippen LogP contribution in [0.1, 0.15) is 39.9 Å². The van der Waals surface area contributed by atoms with E-state index in [1.807, 2.05) is 54.2 Å². The van der Waals surface area contributed by atoms with Crippen LogP contribution in [-0.4, -0.2) is 64.5 Å². The smallest absolute Gasteiger partial charge is 0.227 e. The molecule has 6 aromatic rings. The van der Waals surface area contributed by atoms with Gasteiger partial charge in [0.05, 0.1) is 48.9 Å². The number of hydrogen-bond donors (Lipinski definition) is 1. The molecule has 1 N–H and O–H groups in total. The average Bonchev–Trinajstić information content (AvgIpc) is 3.74. The molecule has 0 saturated carbocycles. The van der Waals surface area contributed by atoms with E-state index in [4.69, 9.17) is 19.0 Å². The molecule has 0 spiro atoms. The summed E-state index contributed by atoms with van der Waals surface area (Å²) in [5.41, 5.74) is 7.85. The summed E-state index contributed by atoms with van der Waals surface area (Å²) >= 11 is 0. The molecule has 0 unspecified atom stereocenters. The first-order valence-electron chi connectivity index (χ1n) is 15.4. The van der Waals surface area contributed by atoms with Gasteiger partial charge >= 0.3 is 0 Å². The molecule has 0 amide bonds. The lowest BCUT2D eigenvalue weighted by Gasteiger charge is -2.30. The van der Waals surface area contributed by atoms with Crippen molar-refractivity contribution in [2.75, 3.05) is 27.3 Å². The van der Waals surface area contributed by atoms with E-state index in [1.165, 1.54) is 6.07 Å². The molecular formula is C37H33N5O5. The van der Waals surface area contributed by atoms with Crippen molar-refractivity contribution in [2.24, 2.45) is 0 Å². The zero-order valence-corrected chi connectivity index (χ0v) is 26.4. The van der Waals surface area contributed by atoms with Gasteiger partial charge in [-0.1, -0.05) is 24.3 Å². The van der Waals surface area contributed by atoms with Gasteiger partial charge in [-0.05, 0) is 60.7 Å². The molecule has 47 heavy (non-hydrogen) atoms. The summed E-state index contributed by atoms with van der Waals surface area (Å²) in [6.45, 7) is 4.31. The van der Waals surface area contributed by atoms with E-state index in [0.29, 0.717) is 46.9 Å². The topological polar surface area (TPSA) is 127 Å². The van der Waals surface area contributed by atoms with Crippen LogP contribution in [0.3, 0.4) is 0 Å². The molecule has 10 nitrogen and oxygen atoms in total. The fourth-order valence-electron chi connectivity index (χ4n) is 6.52. The maximum absolute atomic E-state index is 11.4. The number of fused-ring (bicyclic) bond motifs is 2. The Balaban J connectivity index is 1.28. The lowest BCUT2D eigenvalue weighted by molar-refractivity contribution is 0.0785. The summed E-state index contributed by atoms with van der Waals surface area (Å²) in [5.74, 6) is 1.81. The van der Waals surface area contributed by atoms with E-state index in [9.17, 15) is 15.2 Å². The first-order valence-corrected chi connectivity index (χ1v) is 15.4. The van der Waals surface area contributed by atoms with E-state index in [1.54, 1.807) is 20.3 Å². The number of likely N-dealkylation sites (tertiary alicyclic amines) is 1. The van der Waals surface area contributed by atoms with Gasteiger partial charge in [0, 0.05) is 48.3 Å². The number of nitriles is 1. The highest BCUT2D eigenvalue weighted by atomic mass is 16.5. The summed E-state index contributed by atoms with van der Waals surface area (Å²) < 4.78 is 19.7. The normalized spacial score (nSPS) is 14.0. The van der Waals surface area contributed by atoms with Crippen LogP contribution in [0.2, 0.25) is 0 Å². The number of rotatable bonds is 8. The zero-order chi connectivity index (χ0) is 32.7. The Morgan fingerprint density at radius 2 is 1.72 bits per heavy atom. The van der Waals surface area contributed by atoms with Gasteiger partial charge in [0.25, 0.3) is 0 Å². The first-order chi connectivity index (χ1) is 22.9. The van der Waals surface area contributed by atoms with Crippen LogP contribution in [0.5, 0.6) is 11.5 Å². The molecule has 1 aliphatic rings. The number of nitrogens with zero attached hydrogens (tertiary/aromatic N) is 5. The monoisotopic (exact) mass is 627 g/mol. The van der Waals surface area contributed by atoms with Gasteiger partial charge in [0.1, 0.15) is 29.4 Å². The molecule has 236 valence electrons. The van der Waals surface area contributed by atoms with Crippen molar-refractivity contribution in [1.82, 2.24) is 19.7 Å². The van der Waals surface area contributed by atoms with Gasteiger partial charge in [0.2, 0.25) is 5.89 Å². The number of carbonyl (C=O) groups is 1. The second-order valence-electron chi connectivity index (χ2n) is 11.8. The summed E-state index contributed by atoms with van der Waals surface area (Å²) in [7, 11) is 3.33. The molecule has 3 heterocycles.